The molecule has 0 aliphatic carbocycles. The Morgan fingerprint density at radius 1 is 0.818 bits per heavy atom. The Morgan fingerprint density at radius 3 is 1.85 bits per heavy atom. The van der Waals surface area contributed by atoms with Gasteiger partial charge in [0.1, 0.15) is 17.1 Å². The van der Waals surface area contributed by atoms with E-state index >= 15 is 0 Å². The zero-order valence-corrected chi connectivity index (χ0v) is 17.8. The molecule has 8 heteroatoms. The van der Waals surface area contributed by atoms with Crippen LogP contribution >= 0.6 is 0 Å². The Labute approximate surface area is 187 Å². The first-order valence-electron chi connectivity index (χ1n) is 9.98. The van der Waals surface area contributed by atoms with E-state index in [1.807, 2.05) is 48.5 Å². The van der Waals surface area contributed by atoms with E-state index in [1.54, 1.807) is 14.2 Å². The van der Waals surface area contributed by atoms with Crippen LogP contribution in [0.15, 0.2) is 82.0 Å². The minimum Gasteiger partial charge on any atom is -0.497 e. The number of hydrogen-bond donors (Lipinski definition) is 1. The highest BCUT2D eigenvalue weighted by molar-refractivity contribution is 5.84. The van der Waals surface area contributed by atoms with Crippen LogP contribution in [-0.2, 0) is 6.18 Å². The van der Waals surface area contributed by atoms with Gasteiger partial charge in [0, 0.05) is 23.2 Å². The fourth-order valence-electron chi connectivity index (χ4n) is 3.61. The third kappa shape index (κ3) is 4.79. The lowest BCUT2D eigenvalue weighted by molar-refractivity contribution is -0.136. The number of halogens is 3. The van der Waals surface area contributed by atoms with E-state index in [-0.39, 0.29) is 17.0 Å². The lowest BCUT2D eigenvalue weighted by Gasteiger charge is -2.22. The molecule has 4 rings (SSSR count). The van der Waals surface area contributed by atoms with Crippen LogP contribution in [0.1, 0.15) is 22.7 Å². The number of fused-ring (bicyclic) bond motifs is 1. The van der Waals surface area contributed by atoms with Crippen LogP contribution in [0, 0.1) is 0 Å². The molecule has 1 N–H and O–H groups in total. The monoisotopic (exact) mass is 455 g/mol. The van der Waals surface area contributed by atoms with E-state index in [0.29, 0.717) is 23.3 Å². The van der Waals surface area contributed by atoms with E-state index in [9.17, 15) is 18.0 Å². The van der Waals surface area contributed by atoms with Crippen molar-refractivity contribution in [1.82, 2.24) is 0 Å². The Kier molecular flexibility index (Phi) is 6.00. The molecule has 0 atom stereocenters. The summed E-state index contributed by atoms with van der Waals surface area (Å²) in [5.74, 6) is 1.39. The maximum absolute atomic E-state index is 13.4. The second-order valence-electron chi connectivity index (χ2n) is 7.31. The summed E-state index contributed by atoms with van der Waals surface area (Å²) in [6.45, 7) is 0. The van der Waals surface area contributed by atoms with Gasteiger partial charge in [-0.15, -0.1) is 0 Å². The SMILES string of the molecule is COc1ccc(C(Nc2ccc3c(C(F)(F)F)cc(=O)oc3c2)c2ccc(OC)cc2)cc1. The molecule has 0 radical (unpaired) electrons. The molecule has 0 saturated heterocycles. The second kappa shape index (κ2) is 8.90. The molecule has 0 bridgehead atoms. The van der Waals surface area contributed by atoms with Gasteiger partial charge in [-0.25, -0.2) is 4.79 Å². The van der Waals surface area contributed by atoms with Gasteiger partial charge in [-0.3, -0.25) is 0 Å². The maximum Gasteiger partial charge on any atom is 0.417 e. The molecule has 0 fully saturated rings. The van der Waals surface area contributed by atoms with Crippen LogP contribution in [0.5, 0.6) is 11.5 Å². The van der Waals surface area contributed by atoms with Crippen molar-refractivity contribution >= 4 is 16.7 Å². The fraction of sp³-hybridized carbons (Fsp3) is 0.160. The van der Waals surface area contributed by atoms with Crippen molar-refractivity contribution in [1.29, 1.82) is 0 Å². The predicted molar refractivity (Wildman–Crippen MR) is 119 cm³/mol. The van der Waals surface area contributed by atoms with E-state index in [2.05, 4.69) is 5.32 Å². The van der Waals surface area contributed by atoms with Crippen LogP contribution in [0.3, 0.4) is 0 Å². The minimum absolute atomic E-state index is 0.150. The molecule has 0 saturated carbocycles. The molecule has 33 heavy (non-hydrogen) atoms. The van der Waals surface area contributed by atoms with E-state index in [1.165, 1.54) is 18.2 Å². The van der Waals surface area contributed by atoms with Crippen molar-refractivity contribution in [3.05, 3.63) is 99.9 Å². The zero-order chi connectivity index (χ0) is 23.6. The van der Waals surface area contributed by atoms with Crippen LogP contribution < -0.4 is 20.4 Å². The quantitative estimate of drug-likeness (QED) is 0.360. The Bertz CT molecular complexity index is 1270. The number of anilines is 1. The van der Waals surface area contributed by atoms with Crippen LogP contribution in [0.4, 0.5) is 18.9 Å². The average Bonchev–Trinajstić information content (AvgIpc) is 2.81. The van der Waals surface area contributed by atoms with Crippen molar-refractivity contribution in [2.75, 3.05) is 19.5 Å². The van der Waals surface area contributed by atoms with E-state index < -0.39 is 17.4 Å². The molecule has 1 heterocycles. The highest BCUT2D eigenvalue weighted by atomic mass is 19.4. The molecule has 3 aromatic carbocycles. The third-order valence-electron chi connectivity index (χ3n) is 5.26. The first kappa shape index (κ1) is 22.3. The normalized spacial score (nSPS) is 11.6. The second-order valence-corrected chi connectivity index (χ2v) is 7.31. The first-order valence-corrected chi connectivity index (χ1v) is 9.98. The summed E-state index contributed by atoms with van der Waals surface area (Å²) < 4.78 is 55.6. The number of hydrogen-bond acceptors (Lipinski definition) is 5. The minimum atomic E-state index is -4.67. The zero-order valence-electron chi connectivity index (χ0n) is 17.8. The van der Waals surface area contributed by atoms with E-state index in [4.69, 9.17) is 13.9 Å². The fourth-order valence-corrected chi connectivity index (χ4v) is 3.61. The van der Waals surface area contributed by atoms with Gasteiger partial charge in [0.2, 0.25) is 0 Å². The van der Waals surface area contributed by atoms with Gasteiger partial charge in [-0.1, -0.05) is 24.3 Å². The standard InChI is InChI=1S/C25H20F3NO4/c1-31-18-8-3-15(4-9-18)24(16-5-10-19(32-2)11-6-16)29-17-7-12-20-21(25(26,27)28)14-23(30)33-22(20)13-17/h3-14,24,29H,1-2H3. The highest BCUT2D eigenvalue weighted by Gasteiger charge is 2.33. The van der Waals surface area contributed by atoms with Gasteiger partial charge in [-0.2, -0.15) is 13.2 Å². The van der Waals surface area contributed by atoms with Crippen LogP contribution in [0.2, 0.25) is 0 Å². The summed E-state index contributed by atoms with van der Waals surface area (Å²) in [4.78, 5) is 11.7. The number of rotatable bonds is 6. The van der Waals surface area contributed by atoms with Crippen molar-refractivity contribution in [2.24, 2.45) is 0 Å². The maximum atomic E-state index is 13.4. The van der Waals surface area contributed by atoms with Crippen molar-refractivity contribution in [2.45, 2.75) is 12.2 Å². The lowest BCUT2D eigenvalue weighted by atomic mass is 9.98. The molecule has 4 aromatic rings. The molecule has 170 valence electrons. The molecule has 1 aromatic heterocycles. The van der Waals surface area contributed by atoms with E-state index in [0.717, 1.165) is 11.1 Å². The third-order valence-corrected chi connectivity index (χ3v) is 5.26. The van der Waals surface area contributed by atoms with Crippen LogP contribution in [-0.4, -0.2) is 14.2 Å². The molecular formula is C25H20F3NO4. The van der Waals surface area contributed by atoms with Crippen molar-refractivity contribution in [3.8, 4) is 11.5 Å². The van der Waals surface area contributed by atoms with Crippen LogP contribution in [0.25, 0.3) is 11.0 Å². The first-order chi connectivity index (χ1) is 15.8. The Balaban J connectivity index is 1.77. The molecule has 0 spiro atoms. The number of benzene rings is 3. The Morgan fingerprint density at radius 2 is 1.36 bits per heavy atom. The molecule has 5 nitrogen and oxygen atoms in total. The summed E-state index contributed by atoms with van der Waals surface area (Å²) in [5, 5.41) is 3.15. The molecular weight excluding hydrogens is 435 g/mol. The molecule has 0 aliphatic rings. The number of methoxy groups -OCH3 is 2. The highest BCUT2D eigenvalue weighted by Crippen LogP contribution is 2.36. The summed E-state index contributed by atoms with van der Waals surface area (Å²) >= 11 is 0. The molecule has 0 unspecified atom stereocenters. The van der Waals surface area contributed by atoms with Gasteiger partial charge in [0.15, 0.2) is 0 Å². The van der Waals surface area contributed by atoms with Gasteiger partial charge in [0.25, 0.3) is 0 Å². The molecule has 0 aliphatic heterocycles. The van der Waals surface area contributed by atoms with Gasteiger partial charge >= 0.3 is 11.8 Å². The smallest absolute Gasteiger partial charge is 0.417 e. The summed E-state index contributed by atoms with van der Waals surface area (Å²) in [6.07, 6.45) is -4.67. The van der Waals surface area contributed by atoms with Crippen molar-refractivity contribution < 1.29 is 27.1 Å². The predicted octanol–water partition coefficient (Wildman–Crippen LogP) is 6.03. The summed E-state index contributed by atoms with van der Waals surface area (Å²) in [5.41, 5.74) is 0.0405. The van der Waals surface area contributed by atoms with Crippen molar-refractivity contribution in [3.63, 3.8) is 0 Å². The molecule has 0 amide bonds. The lowest BCUT2D eigenvalue weighted by Crippen LogP contribution is -2.13. The Hall–Kier alpha value is -3.94. The van der Waals surface area contributed by atoms with Gasteiger partial charge in [-0.05, 0) is 47.5 Å². The topological polar surface area (TPSA) is 60.7 Å². The summed E-state index contributed by atoms with van der Waals surface area (Å²) in [6, 6.07) is 19.2. The number of nitrogens with one attached hydrogen (secondary N) is 1. The number of alkyl halides is 3. The summed E-state index contributed by atoms with van der Waals surface area (Å²) in [7, 11) is 3.15. The average molecular weight is 455 g/mol. The largest absolute Gasteiger partial charge is 0.497 e. The van der Waals surface area contributed by atoms with Gasteiger partial charge < -0.3 is 19.2 Å². The number of ether oxygens (including phenoxy) is 2. The van der Waals surface area contributed by atoms with Gasteiger partial charge in [0.05, 0.1) is 25.8 Å².